The second-order valence-corrected chi connectivity index (χ2v) is 13.0. The fourth-order valence-electron chi connectivity index (χ4n) is 8.63. The smallest absolute Gasteiger partial charge is 0.344 e. The number of hydrogen-bond donors (Lipinski definition) is 2. The molecule has 4 bridgehead atoms. The number of amides is 1. The topological polar surface area (TPSA) is 140 Å². The van der Waals surface area contributed by atoms with Gasteiger partial charge in [-0.05, 0) is 68.9 Å². The molecule has 10 heteroatoms. The van der Waals surface area contributed by atoms with Crippen LogP contribution in [0.1, 0.15) is 102 Å². The molecule has 1 aromatic heterocycles. The fourth-order valence-corrected chi connectivity index (χ4v) is 8.63. The first-order chi connectivity index (χ1) is 20.4. The van der Waals surface area contributed by atoms with E-state index in [0.29, 0.717) is 23.6 Å². The van der Waals surface area contributed by atoms with Crippen LogP contribution in [0.25, 0.3) is 11.0 Å². The highest BCUT2D eigenvalue weighted by Crippen LogP contribution is 2.47. The zero-order valence-electron chi connectivity index (χ0n) is 24.3. The van der Waals surface area contributed by atoms with Crippen molar-refractivity contribution in [2.24, 2.45) is 22.7 Å². The lowest BCUT2D eigenvalue weighted by Crippen LogP contribution is -2.58. The summed E-state index contributed by atoms with van der Waals surface area (Å²) in [6.45, 7) is -0.660. The summed E-state index contributed by atoms with van der Waals surface area (Å²) in [7, 11) is 0. The van der Waals surface area contributed by atoms with Gasteiger partial charge in [0.15, 0.2) is 5.69 Å². The Labute approximate surface area is 246 Å². The molecule has 0 radical (unpaired) electrons. The largest absolute Gasteiger partial charge is 0.479 e. The standard InChI is InChI=1S/C32H43N5O5/c33-29(38)13-12-27(35-42-19-30(39)40)31-32(41)37(28-11-4-3-10-26(28)34-31)25-17-22-8-5-9-23(18-25)36(22)24-15-20-6-1-2-7-21(14-20)16-24/h3-4,10-11,20-25H,1-2,5-9,12-19H2,(H2,33,38)(H,39,40)/b35-27+/t20-,21+,22-,23+,24?,25+. The summed E-state index contributed by atoms with van der Waals surface area (Å²) in [6.07, 6.45) is 15.0. The van der Waals surface area contributed by atoms with E-state index in [1.807, 2.05) is 28.8 Å². The molecule has 1 amide bonds. The minimum absolute atomic E-state index is 0.0129. The van der Waals surface area contributed by atoms with Gasteiger partial charge >= 0.3 is 5.97 Å². The summed E-state index contributed by atoms with van der Waals surface area (Å²) >= 11 is 0. The Morgan fingerprint density at radius 2 is 1.60 bits per heavy atom. The van der Waals surface area contributed by atoms with Crippen LogP contribution in [-0.2, 0) is 14.4 Å². The number of aromatic nitrogens is 2. The molecule has 4 aliphatic rings. The lowest BCUT2D eigenvalue weighted by molar-refractivity contribution is -0.142. The van der Waals surface area contributed by atoms with E-state index in [4.69, 9.17) is 15.7 Å². The van der Waals surface area contributed by atoms with Crippen molar-refractivity contribution in [3.05, 3.63) is 40.3 Å². The number of rotatable bonds is 9. The Bertz CT molecular complexity index is 1380. The maximum Gasteiger partial charge on any atom is 0.344 e. The van der Waals surface area contributed by atoms with Crippen LogP contribution >= 0.6 is 0 Å². The molecule has 42 heavy (non-hydrogen) atoms. The molecule has 2 aliphatic heterocycles. The van der Waals surface area contributed by atoms with Crippen LogP contribution in [0.5, 0.6) is 0 Å². The molecule has 10 nitrogen and oxygen atoms in total. The highest BCUT2D eigenvalue weighted by molar-refractivity contribution is 6.01. The Hall–Kier alpha value is -3.27. The van der Waals surface area contributed by atoms with Crippen molar-refractivity contribution in [1.29, 1.82) is 0 Å². The van der Waals surface area contributed by atoms with Gasteiger partial charge in [-0.3, -0.25) is 14.5 Å². The van der Waals surface area contributed by atoms with Gasteiger partial charge in [0.25, 0.3) is 5.56 Å². The number of oxime groups is 1. The van der Waals surface area contributed by atoms with E-state index < -0.39 is 18.5 Å². The highest BCUT2D eigenvalue weighted by Gasteiger charge is 2.45. The Morgan fingerprint density at radius 1 is 0.905 bits per heavy atom. The molecule has 1 aromatic carbocycles. The van der Waals surface area contributed by atoms with E-state index in [1.165, 1.54) is 51.4 Å². The molecule has 0 spiro atoms. The number of carbonyl (C=O) groups is 2. The minimum Gasteiger partial charge on any atom is -0.479 e. The van der Waals surface area contributed by atoms with Crippen molar-refractivity contribution in [2.75, 3.05) is 6.61 Å². The number of aliphatic carboxylic acids is 1. The quantitative estimate of drug-likeness (QED) is 0.333. The van der Waals surface area contributed by atoms with Crippen molar-refractivity contribution in [1.82, 2.24) is 14.5 Å². The van der Waals surface area contributed by atoms with Gasteiger partial charge in [0.2, 0.25) is 12.5 Å². The molecule has 2 saturated carbocycles. The van der Waals surface area contributed by atoms with Crippen molar-refractivity contribution >= 4 is 28.6 Å². The summed E-state index contributed by atoms with van der Waals surface area (Å²) in [5.41, 5.74) is 6.78. The number of carboxylic acids is 1. The zero-order chi connectivity index (χ0) is 29.2. The molecule has 3 heterocycles. The summed E-state index contributed by atoms with van der Waals surface area (Å²) in [5, 5.41) is 13.0. The van der Waals surface area contributed by atoms with E-state index >= 15 is 0 Å². The van der Waals surface area contributed by atoms with Crippen LogP contribution in [0.4, 0.5) is 0 Å². The summed E-state index contributed by atoms with van der Waals surface area (Å²) in [5.74, 6) is -0.00634. The third-order valence-electron chi connectivity index (χ3n) is 10.2. The molecule has 2 saturated heterocycles. The van der Waals surface area contributed by atoms with Crippen molar-refractivity contribution in [3.8, 4) is 0 Å². The SMILES string of the molecule is NC(=O)CC/C(=N\OCC(=O)O)c1nc2ccccc2n([C@H]2C[C@H]3CCC[C@@H](C2)N3C2C[C@H]3CCCC[C@@H](C2)C3)c1=O. The number of primary amides is 1. The molecule has 1 unspecified atom stereocenters. The predicted molar refractivity (Wildman–Crippen MR) is 159 cm³/mol. The number of para-hydroxylation sites is 2. The van der Waals surface area contributed by atoms with E-state index in [0.717, 1.165) is 43.0 Å². The molecule has 2 aliphatic carbocycles. The first kappa shape index (κ1) is 28.8. The van der Waals surface area contributed by atoms with Crippen molar-refractivity contribution < 1.29 is 19.5 Å². The minimum atomic E-state index is -1.19. The fraction of sp³-hybridized carbons (Fsp3) is 0.656. The lowest BCUT2D eigenvalue weighted by Gasteiger charge is -2.54. The third-order valence-corrected chi connectivity index (χ3v) is 10.2. The van der Waals surface area contributed by atoms with E-state index in [2.05, 4.69) is 15.0 Å². The predicted octanol–water partition coefficient (Wildman–Crippen LogP) is 4.38. The highest BCUT2D eigenvalue weighted by atomic mass is 16.6. The molecule has 226 valence electrons. The number of carboxylic acid groups (broad SMARTS) is 1. The van der Waals surface area contributed by atoms with Crippen LogP contribution in [0.3, 0.4) is 0 Å². The van der Waals surface area contributed by atoms with Crippen molar-refractivity contribution in [2.45, 2.75) is 114 Å². The first-order valence-electron chi connectivity index (χ1n) is 15.9. The second kappa shape index (κ2) is 12.5. The summed E-state index contributed by atoms with van der Waals surface area (Å²) in [6, 6.07) is 9.21. The lowest BCUT2D eigenvalue weighted by atomic mass is 9.73. The molecular formula is C32H43N5O5. The zero-order valence-corrected chi connectivity index (χ0v) is 24.3. The van der Waals surface area contributed by atoms with Gasteiger partial charge in [-0.25, -0.2) is 9.78 Å². The maximum absolute atomic E-state index is 14.3. The molecular weight excluding hydrogens is 534 g/mol. The number of piperidine rings is 2. The number of hydrogen-bond acceptors (Lipinski definition) is 7. The molecule has 4 fully saturated rings. The van der Waals surface area contributed by atoms with E-state index in [-0.39, 0.29) is 35.8 Å². The molecule has 6 atom stereocenters. The van der Waals surface area contributed by atoms with Gasteiger partial charge in [-0.2, -0.15) is 0 Å². The van der Waals surface area contributed by atoms with Crippen molar-refractivity contribution in [3.63, 3.8) is 0 Å². The van der Waals surface area contributed by atoms with Gasteiger partial charge in [-0.15, -0.1) is 0 Å². The van der Waals surface area contributed by atoms with Gasteiger partial charge in [0, 0.05) is 37.0 Å². The monoisotopic (exact) mass is 577 g/mol. The van der Waals surface area contributed by atoms with Crippen LogP contribution in [0.2, 0.25) is 0 Å². The summed E-state index contributed by atoms with van der Waals surface area (Å²) < 4.78 is 1.90. The van der Waals surface area contributed by atoms with Gasteiger partial charge in [0.1, 0.15) is 5.71 Å². The first-order valence-corrected chi connectivity index (χ1v) is 15.9. The van der Waals surface area contributed by atoms with Crippen LogP contribution in [0.15, 0.2) is 34.2 Å². The van der Waals surface area contributed by atoms with E-state index in [1.54, 1.807) is 0 Å². The van der Waals surface area contributed by atoms with Gasteiger partial charge in [0.05, 0.1) is 11.0 Å². The average Bonchev–Trinajstić information content (AvgIpc) is 3.12. The van der Waals surface area contributed by atoms with Gasteiger partial charge in [-0.1, -0.05) is 49.4 Å². The number of carbonyl (C=O) groups excluding carboxylic acids is 1. The number of benzene rings is 1. The molecule has 6 rings (SSSR count). The Morgan fingerprint density at radius 3 is 2.26 bits per heavy atom. The molecule has 3 N–H and O–H groups in total. The van der Waals surface area contributed by atoms with Crippen LogP contribution in [-0.4, -0.2) is 61.9 Å². The Kier molecular flexibility index (Phi) is 8.60. The van der Waals surface area contributed by atoms with Crippen LogP contribution in [0, 0.1) is 11.8 Å². The number of nitrogens with two attached hydrogens (primary N) is 1. The number of nitrogens with zero attached hydrogens (tertiary/aromatic N) is 4. The van der Waals surface area contributed by atoms with E-state index in [9.17, 15) is 14.4 Å². The number of fused-ring (bicyclic) bond motifs is 5. The van der Waals surface area contributed by atoms with Gasteiger partial charge < -0.3 is 20.2 Å². The average molecular weight is 578 g/mol. The second-order valence-electron chi connectivity index (χ2n) is 13.0. The summed E-state index contributed by atoms with van der Waals surface area (Å²) in [4.78, 5) is 49.5. The normalized spacial score (nSPS) is 30.0. The third kappa shape index (κ3) is 6.09. The Balaban J connectivity index is 1.34. The maximum atomic E-state index is 14.3. The molecule has 2 aromatic rings. The van der Waals surface area contributed by atoms with Crippen LogP contribution < -0.4 is 11.3 Å².